The second-order valence-electron chi connectivity index (χ2n) is 3.87. The maximum atomic E-state index is 11.9. The van der Waals surface area contributed by atoms with Gasteiger partial charge in [0.15, 0.2) is 0 Å². The largest absolute Gasteiger partial charge is 0.507 e. The van der Waals surface area contributed by atoms with E-state index in [1.165, 1.54) is 18.2 Å². The highest BCUT2D eigenvalue weighted by atomic mass is 35.5. The van der Waals surface area contributed by atoms with Gasteiger partial charge in [-0.05, 0) is 42.1 Å². The van der Waals surface area contributed by atoms with Crippen LogP contribution in [0.4, 0.5) is 0 Å². The molecule has 94 valence electrons. The fourth-order valence-electron chi connectivity index (χ4n) is 1.53. The van der Waals surface area contributed by atoms with Gasteiger partial charge in [0.1, 0.15) is 5.75 Å². The number of amides is 1. The topological polar surface area (TPSA) is 49.3 Å². The molecular formula is C13H12ClNO2S. The fourth-order valence-corrected chi connectivity index (χ4v) is 2.55. The quantitative estimate of drug-likeness (QED) is 0.906. The number of aromatic hydroxyl groups is 1. The molecule has 1 aromatic heterocycles. The van der Waals surface area contributed by atoms with E-state index in [9.17, 15) is 9.90 Å². The molecule has 0 saturated heterocycles. The third kappa shape index (κ3) is 2.83. The maximum absolute atomic E-state index is 11.9. The highest BCUT2D eigenvalue weighted by molar-refractivity contribution is 7.10. The van der Waals surface area contributed by atoms with Gasteiger partial charge in [0.05, 0.1) is 12.1 Å². The van der Waals surface area contributed by atoms with Crippen LogP contribution in [0, 0.1) is 6.92 Å². The lowest BCUT2D eigenvalue weighted by Crippen LogP contribution is -2.22. The molecule has 0 atom stereocenters. The van der Waals surface area contributed by atoms with Gasteiger partial charge in [-0.1, -0.05) is 11.6 Å². The van der Waals surface area contributed by atoms with Gasteiger partial charge in [-0.25, -0.2) is 0 Å². The van der Waals surface area contributed by atoms with Crippen molar-refractivity contribution in [1.82, 2.24) is 5.32 Å². The molecule has 2 aromatic rings. The number of thiophene rings is 1. The first kappa shape index (κ1) is 12.9. The minimum Gasteiger partial charge on any atom is -0.507 e. The highest BCUT2D eigenvalue weighted by Crippen LogP contribution is 2.22. The molecule has 0 radical (unpaired) electrons. The lowest BCUT2D eigenvalue weighted by Gasteiger charge is -2.07. The minimum absolute atomic E-state index is 0.0696. The highest BCUT2D eigenvalue weighted by Gasteiger charge is 2.12. The second kappa shape index (κ2) is 5.42. The van der Waals surface area contributed by atoms with E-state index in [-0.39, 0.29) is 17.2 Å². The Hall–Kier alpha value is -1.52. The first-order valence-corrected chi connectivity index (χ1v) is 6.63. The predicted molar refractivity (Wildman–Crippen MR) is 73.3 cm³/mol. The van der Waals surface area contributed by atoms with Gasteiger partial charge >= 0.3 is 0 Å². The van der Waals surface area contributed by atoms with Crippen molar-refractivity contribution >= 4 is 28.8 Å². The third-order valence-corrected chi connectivity index (χ3v) is 3.84. The summed E-state index contributed by atoms with van der Waals surface area (Å²) in [5.74, 6) is -0.400. The molecule has 1 heterocycles. The first-order valence-electron chi connectivity index (χ1n) is 5.37. The Morgan fingerprint density at radius 1 is 1.44 bits per heavy atom. The van der Waals surface area contributed by atoms with Crippen LogP contribution in [0.2, 0.25) is 5.02 Å². The fraction of sp³-hybridized carbons (Fsp3) is 0.154. The second-order valence-corrected chi connectivity index (χ2v) is 5.31. The number of aryl methyl sites for hydroxylation is 1. The Morgan fingerprint density at radius 3 is 2.89 bits per heavy atom. The van der Waals surface area contributed by atoms with Crippen molar-refractivity contribution in [2.75, 3.05) is 0 Å². The summed E-state index contributed by atoms with van der Waals surface area (Å²) in [5.41, 5.74) is 1.34. The molecule has 3 nitrogen and oxygen atoms in total. The number of carbonyl (C=O) groups excluding carboxylic acids is 1. The van der Waals surface area contributed by atoms with E-state index in [0.717, 1.165) is 10.4 Å². The van der Waals surface area contributed by atoms with Gasteiger partial charge in [-0.3, -0.25) is 4.79 Å². The summed E-state index contributed by atoms with van der Waals surface area (Å²) in [7, 11) is 0. The van der Waals surface area contributed by atoms with Crippen molar-refractivity contribution in [2.24, 2.45) is 0 Å². The number of rotatable bonds is 3. The zero-order valence-electron chi connectivity index (χ0n) is 9.74. The van der Waals surface area contributed by atoms with Crippen LogP contribution in [0.5, 0.6) is 5.75 Å². The van der Waals surface area contributed by atoms with Gasteiger partial charge in [0, 0.05) is 9.90 Å². The third-order valence-electron chi connectivity index (χ3n) is 2.58. The van der Waals surface area contributed by atoms with Crippen LogP contribution in [0.3, 0.4) is 0 Å². The summed E-state index contributed by atoms with van der Waals surface area (Å²) < 4.78 is 0. The van der Waals surface area contributed by atoms with E-state index in [0.29, 0.717) is 11.6 Å². The molecular weight excluding hydrogens is 270 g/mol. The van der Waals surface area contributed by atoms with Crippen LogP contribution in [-0.2, 0) is 6.54 Å². The number of hydrogen-bond donors (Lipinski definition) is 2. The Bertz CT molecular complexity index is 580. The summed E-state index contributed by atoms with van der Waals surface area (Å²) in [6.45, 7) is 2.45. The van der Waals surface area contributed by atoms with E-state index in [2.05, 4.69) is 5.32 Å². The molecule has 1 amide bonds. The Kier molecular flexibility index (Phi) is 3.89. The summed E-state index contributed by atoms with van der Waals surface area (Å²) in [5, 5.41) is 14.8. The van der Waals surface area contributed by atoms with Crippen LogP contribution >= 0.6 is 22.9 Å². The summed E-state index contributed by atoms with van der Waals surface area (Å²) in [6.07, 6.45) is 0. The Balaban J connectivity index is 2.08. The SMILES string of the molecule is Cc1ccsc1CNC(=O)c1cc(Cl)ccc1O. The van der Waals surface area contributed by atoms with Crippen LogP contribution in [0.25, 0.3) is 0 Å². The van der Waals surface area contributed by atoms with E-state index in [4.69, 9.17) is 11.6 Å². The lowest BCUT2D eigenvalue weighted by molar-refractivity contribution is 0.0948. The number of hydrogen-bond acceptors (Lipinski definition) is 3. The smallest absolute Gasteiger partial charge is 0.255 e. The number of halogens is 1. The van der Waals surface area contributed by atoms with E-state index < -0.39 is 0 Å². The maximum Gasteiger partial charge on any atom is 0.255 e. The normalized spacial score (nSPS) is 10.3. The van der Waals surface area contributed by atoms with Crippen LogP contribution in [0.1, 0.15) is 20.8 Å². The van der Waals surface area contributed by atoms with Crippen molar-refractivity contribution < 1.29 is 9.90 Å². The minimum atomic E-state index is -0.331. The molecule has 0 aliphatic carbocycles. The van der Waals surface area contributed by atoms with Gasteiger partial charge in [-0.2, -0.15) is 0 Å². The molecule has 1 aromatic carbocycles. The summed E-state index contributed by atoms with van der Waals surface area (Å²) in [4.78, 5) is 13.0. The van der Waals surface area contributed by atoms with Gasteiger partial charge in [-0.15, -0.1) is 11.3 Å². The number of benzene rings is 1. The number of nitrogens with one attached hydrogen (secondary N) is 1. The molecule has 0 spiro atoms. The monoisotopic (exact) mass is 281 g/mol. The van der Waals surface area contributed by atoms with Crippen molar-refractivity contribution in [2.45, 2.75) is 13.5 Å². The van der Waals surface area contributed by atoms with Crippen LogP contribution < -0.4 is 5.32 Å². The predicted octanol–water partition coefficient (Wildman–Crippen LogP) is 3.35. The first-order chi connectivity index (χ1) is 8.58. The molecule has 0 aliphatic heterocycles. The standard InChI is InChI=1S/C13H12ClNO2S/c1-8-4-5-18-12(8)7-15-13(17)10-6-9(14)2-3-11(10)16/h2-6,16H,7H2,1H3,(H,15,17). The molecule has 5 heteroatoms. The van der Waals surface area contributed by atoms with Gasteiger partial charge in [0.25, 0.3) is 5.91 Å². The van der Waals surface area contributed by atoms with Crippen LogP contribution in [0.15, 0.2) is 29.6 Å². The number of carbonyl (C=O) groups is 1. The average Bonchev–Trinajstić information content (AvgIpc) is 2.75. The Morgan fingerprint density at radius 2 is 2.22 bits per heavy atom. The van der Waals surface area contributed by atoms with Crippen molar-refractivity contribution in [3.05, 3.63) is 50.7 Å². The molecule has 0 bridgehead atoms. The molecule has 0 fully saturated rings. The molecule has 0 unspecified atom stereocenters. The van der Waals surface area contributed by atoms with Crippen molar-refractivity contribution in [1.29, 1.82) is 0 Å². The van der Waals surface area contributed by atoms with Crippen molar-refractivity contribution in [3.8, 4) is 5.75 Å². The zero-order valence-corrected chi connectivity index (χ0v) is 11.3. The molecule has 18 heavy (non-hydrogen) atoms. The van der Waals surface area contributed by atoms with Gasteiger partial charge in [0.2, 0.25) is 0 Å². The van der Waals surface area contributed by atoms with Gasteiger partial charge < -0.3 is 10.4 Å². The Labute approximate surface area is 114 Å². The number of phenols is 1. The zero-order chi connectivity index (χ0) is 13.1. The van der Waals surface area contributed by atoms with Crippen molar-refractivity contribution in [3.63, 3.8) is 0 Å². The van der Waals surface area contributed by atoms with E-state index in [1.807, 2.05) is 18.4 Å². The average molecular weight is 282 g/mol. The van der Waals surface area contributed by atoms with E-state index in [1.54, 1.807) is 11.3 Å². The van der Waals surface area contributed by atoms with Crippen LogP contribution in [-0.4, -0.2) is 11.0 Å². The summed E-state index contributed by atoms with van der Waals surface area (Å²) in [6, 6.07) is 6.40. The van der Waals surface area contributed by atoms with E-state index >= 15 is 0 Å². The number of phenolic OH excluding ortho intramolecular Hbond substituents is 1. The molecule has 2 N–H and O–H groups in total. The summed E-state index contributed by atoms with van der Waals surface area (Å²) >= 11 is 7.39. The molecule has 0 saturated carbocycles. The molecule has 2 rings (SSSR count). The molecule has 0 aliphatic rings. The lowest BCUT2D eigenvalue weighted by atomic mass is 10.2.